The standard InChI is InChI=1S/C11H19NO3/c1-8-10(3-2-4-15-8)11(14)12-5-9(6-12)7-13/h8-10,13H,2-7H2,1H3/t8-,10-/m0/s1. The molecule has 0 bridgehead atoms. The van der Waals surface area contributed by atoms with Gasteiger partial charge in [-0.05, 0) is 19.8 Å². The van der Waals surface area contributed by atoms with E-state index in [2.05, 4.69) is 0 Å². The van der Waals surface area contributed by atoms with Crippen LogP contribution in [-0.2, 0) is 9.53 Å². The van der Waals surface area contributed by atoms with Crippen molar-refractivity contribution in [3.05, 3.63) is 0 Å². The molecule has 2 saturated heterocycles. The lowest BCUT2D eigenvalue weighted by Gasteiger charge is -2.42. The Morgan fingerprint density at radius 2 is 2.27 bits per heavy atom. The average Bonchev–Trinajstić information content (AvgIpc) is 2.16. The van der Waals surface area contributed by atoms with E-state index in [1.165, 1.54) is 0 Å². The van der Waals surface area contributed by atoms with Crippen LogP contribution in [0.4, 0.5) is 0 Å². The fourth-order valence-electron chi connectivity index (χ4n) is 2.35. The molecule has 1 N–H and O–H groups in total. The second kappa shape index (κ2) is 4.49. The Kier molecular flexibility index (Phi) is 3.26. The van der Waals surface area contributed by atoms with E-state index in [4.69, 9.17) is 9.84 Å². The number of rotatable bonds is 2. The largest absolute Gasteiger partial charge is 0.396 e. The van der Waals surface area contributed by atoms with Gasteiger partial charge in [0, 0.05) is 32.2 Å². The molecule has 86 valence electrons. The number of aliphatic hydroxyl groups is 1. The summed E-state index contributed by atoms with van der Waals surface area (Å²) in [5.74, 6) is 0.555. The van der Waals surface area contributed by atoms with E-state index in [1.807, 2.05) is 11.8 Å². The highest BCUT2D eigenvalue weighted by atomic mass is 16.5. The van der Waals surface area contributed by atoms with E-state index in [0.717, 1.165) is 32.5 Å². The summed E-state index contributed by atoms with van der Waals surface area (Å²) in [5, 5.41) is 8.89. The summed E-state index contributed by atoms with van der Waals surface area (Å²) in [5.41, 5.74) is 0. The molecule has 0 spiro atoms. The molecule has 2 aliphatic heterocycles. The minimum Gasteiger partial charge on any atom is -0.396 e. The Labute approximate surface area is 90.2 Å². The second-order valence-electron chi connectivity index (χ2n) is 4.62. The third-order valence-corrected chi connectivity index (χ3v) is 3.45. The number of carbonyl (C=O) groups excluding carboxylic acids is 1. The third-order valence-electron chi connectivity index (χ3n) is 3.45. The summed E-state index contributed by atoms with van der Waals surface area (Å²) in [6.07, 6.45) is 1.98. The van der Waals surface area contributed by atoms with Crippen LogP contribution in [0.2, 0.25) is 0 Å². The minimum absolute atomic E-state index is 0.0402. The van der Waals surface area contributed by atoms with Crippen LogP contribution >= 0.6 is 0 Å². The molecule has 0 aromatic heterocycles. The summed E-state index contributed by atoms with van der Waals surface area (Å²) in [4.78, 5) is 13.9. The minimum atomic E-state index is 0.0402. The number of ether oxygens (including phenoxy) is 1. The van der Waals surface area contributed by atoms with E-state index in [0.29, 0.717) is 5.92 Å². The number of hydrogen-bond acceptors (Lipinski definition) is 3. The van der Waals surface area contributed by atoms with Crippen molar-refractivity contribution in [3.63, 3.8) is 0 Å². The van der Waals surface area contributed by atoms with Gasteiger partial charge < -0.3 is 14.7 Å². The normalized spacial score (nSPS) is 32.5. The molecular weight excluding hydrogens is 194 g/mol. The number of aliphatic hydroxyl groups excluding tert-OH is 1. The molecule has 2 aliphatic rings. The molecule has 0 unspecified atom stereocenters. The average molecular weight is 213 g/mol. The zero-order valence-electron chi connectivity index (χ0n) is 9.19. The molecule has 2 rings (SSSR count). The summed E-state index contributed by atoms with van der Waals surface area (Å²) in [7, 11) is 0. The Morgan fingerprint density at radius 1 is 1.53 bits per heavy atom. The molecule has 0 radical (unpaired) electrons. The summed E-state index contributed by atoms with van der Waals surface area (Å²) >= 11 is 0. The fourth-order valence-corrected chi connectivity index (χ4v) is 2.35. The van der Waals surface area contributed by atoms with Crippen LogP contribution in [0.15, 0.2) is 0 Å². The molecule has 1 amide bonds. The predicted octanol–water partition coefficient (Wildman–Crippen LogP) is 0.252. The summed E-state index contributed by atoms with van der Waals surface area (Å²) < 4.78 is 5.49. The molecule has 4 heteroatoms. The van der Waals surface area contributed by atoms with Gasteiger partial charge in [-0.15, -0.1) is 0 Å². The third kappa shape index (κ3) is 2.16. The predicted molar refractivity (Wildman–Crippen MR) is 55.3 cm³/mol. The van der Waals surface area contributed by atoms with Crippen LogP contribution < -0.4 is 0 Å². The van der Waals surface area contributed by atoms with Gasteiger partial charge in [-0.2, -0.15) is 0 Å². The number of likely N-dealkylation sites (tertiary alicyclic amines) is 1. The number of amides is 1. The smallest absolute Gasteiger partial charge is 0.228 e. The Morgan fingerprint density at radius 3 is 2.87 bits per heavy atom. The topological polar surface area (TPSA) is 49.8 Å². The molecule has 2 heterocycles. The van der Waals surface area contributed by atoms with Gasteiger partial charge in [0.25, 0.3) is 0 Å². The quantitative estimate of drug-likeness (QED) is 0.715. The highest BCUT2D eigenvalue weighted by Gasteiger charge is 2.37. The van der Waals surface area contributed by atoms with Crippen LogP contribution in [0, 0.1) is 11.8 Å². The second-order valence-corrected chi connectivity index (χ2v) is 4.62. The van der Waals surface area contributed by atoms with E-state index in [-0.39, 0.29) is 24.5 Å². The zero-order chi connectivity index (χ0) is 10.8. The molecule has 0 aromatic carbocycles. The van der Waals surface area contributed by atoms with Crippen molar-refractivity contribution in [2.24, 2.45) is 11.8 Å². The van der Waals surface area contributed by atoms with Crippen LogP contribution in [0.5, 0.6) is 0 Å². The van der Waals surface area contributed by atoms with Crippen LogP contribution in [-0.4, -0.2) is 48.3 Å². The van der Waals surface area contributed by atoms with Crippen molar-refractivity contribution in [2.45, 2.75) is 25.9 Å². The van der Waals surface area contributed by atoms with Gasteiger partial charge in [-0.25, -0.2) is 0 Å². The first kappa shape index (κ1) is 10.9. The lowest BCUT2D eigenvalue weighted by molar-refractivity contribution is -0.151. The lowest BCUT2D eigenvalue weighted by atomic mass is 9.91. The van der Waals surface area contributed by atoms with Gasteiger partial charge in [0.2, 0.25) is 5.91 Å². The maximum Gasteiger partial charge on any atom is 0.228 e. The first-order valence-corrected chi connectivity index (χ1v) is 5.73. The molecule has 0 saturated carbocycles. The summed E-state index contributed by atoms with van der Waals surface area (Å²) in [6.45, 7) is 4.40. The SMILES string of the molecule is C[C@@H]1OCCC[C@@H]1C(=O)N1CC(CO)C1. The van der Waals surface area contributed by atoms with E-state index >= 15 is 0 Å². The Hall–Kier alpha value is -0.610. The van der Waals surface area contributed by atoms with Gasteiger partial charge in [0.05, 0.1) is 12.0 Å². The molecular formula is C11H19NO3. The van der Waals surface area contributed by atoms with Gasteiger partial charge in [-0.3, -0.25) is 4.79 Å². The van der Waals surface area contributed by atoms with Crippen molar-refractivity contribution >= 4 is 5.91 Å². The van der Waals surface area contributed by atoms with Crippen LogP contribution in [0.3, 0.4) is 0 Å². The van der Waals surface area contributed by atoms with E-state index < -0.39 is 0 Å². The molecule has 2 fully saturated rings. The highest BCUT2D eigenvalue weighted by molar-refractivity contribution is 5.80. The number of carbonyl (C=O) groups is 1. The number of hydrogen-bond donors (Lipinski definition) is 1. The van der Waals surface area contributed by atoms with Crippen molar-refractivity contribution in [1.29, 1.82) is 0 Å². The van der Waals surface area contributed by atoms with Crippen molar-refractivity contribution in [2.75, 3.05) is 26.3 Å². The van der Waals surface area contributed by atoms with Crippen molar-refractivity contribution < 1.29 is 14.6 Å². The van der Waals surface area contributed by atoms with E-state index in [1.54, 1.807) is 0 Å². The molecule has 15 heavy (non-hydrogen) atoms. The first-order chi connectivity index (χ1) is 7.22. The monoisotopic (exact) mass is 213 g/mol. The summed E-state index contributed by atoms with van der Waals surface area (Å²) in [6, 6.07) is 0. The van der Waals surface area contributed by atoms with Crippen LogP contribution in [0.1, 0.15) is 19.8 Å². The number of nitrogens with zero attached hydrogens (tertiary/aromatic N) is 1. The Bertz CT molecular complexity index is 238. The maximum atomic E-state index is 12.0. The van der Waals surface area contributed by atoms with Crippen LogP contribution in [0.25, 0.3) is 0 Å². The highest BCUT2D eigenvalue weighted by Crippen LogP contribution is 2.26. The first-order valence-electron chi connectivity index (χ1n) is 5.73. The molecule has 0 aromatic rings. The van der Waals surface area contributed by atoms with Gasteiger partial charge in [0.15, 0.2) is 0 Å². The fraction of sp³-hybridized carbons (Fsp3) is 0.909. The van der Waals surface area contributed by atoms with Gasteiger partial charge in [-0.1, -0.05) is 0 Å². The lowest BCUT2D eigenvalue weighted by Crippen LogP contribution is -2.55. The van der Waals surface area contributed by atoms with Crippen molar-refractivity contribution in [3.8, 4) is 0 Å². The van der Waals surface area contributed by atoms with Gasteiger partial charge in [0.1, 0.15) is 0 Å². The zero-order valence-corrected chi connectivity index (χ0v) is 9.19. The van der Waals surface area contributed by atoms with Gasteiger partial charge >= 0.3 is 0 Å². The molecule has 0 aliphatic carbocycles. The molecule has 4 nitrogen and oxygen atoms in total. The Balaban J connectivity index is 1.85. The van der Waals surface area contributed by atoms with E-state index in [9.17, 15) is 4.79 Å². The maximum absolute atomic E-state index is 12.0. The van der Waals surface area contributed by atoms with Crippen molar-refractivity contribution in [1.82, 2.24) is 4.90 Å². The molecule has 2 atom stereocenters.